The zero-order valence-corrected chi connectivity index (χ0v) is 9.21. The van der Waals surface area contributed by atoms with Gasteiger partial charge in [-0.2, -0.15) is 5.26 Å². The van der Waals surface area contributed by atoms with Crippen molar-refractivity contribution >= 4 is 5.69 Å². The highest BCUT2D eigenvalue weighted by Crippen LogP contribution is 2.21. The van der Waals surface area contributed by atoms with Crippen molar-refractivity contribution in [3.05, 3.63) is 23.8 Å². The van der Waals surface area contributed by atoms with E-state index in [0.29, 0.717) is 19.6 Å². The fraction of sp³-hybridized carbons (Fsp3) is 0.417. The second-order valence-corrected chi connectivity index (χ2v) is 3.25. The second kappa shape index (κ2) is 5.92. The highest BCUT2D eigenvalue weighted by Gasteiger charge is 1.99. The van der Waals surface area contributed by atoms with Crippen molar-refractivity contribution in [3.8, 4) is 11.8 Å². The Morgan fingerprint density at radius 1 is 1.47 bits per heavy atom. The Kier molecular flexibility index (Phi) is 4.49. The summed E-state index contributed by atoms with van der Waals surface area (Å²) in [5.41, 5.74) is 2.14. The molecule has 0 bridgehead atoms. The van der Waals surface area contributed by atoms with Crippen LogP contribution in [0.15, 0.2) is 18.2 Å². The highest BCUT2D eigenvalue weighted by atomic mass is 16.5. The van der Waals surface area contributed by atoms with E-state index in [1.54, 1.807) is 0 Å². The van der Waals surface area contributed by atoms with Gasteiger partial charge in [0.2, 0.25) is 0 Å². The molecular formula is C12H16N2O. The van der Waals surface area contributed by atoms with Crippen LogP contribution >= 0.6 is 0 Å². The van der Waals surface area contributed by atoms with Gasteiger partial charge in [0.1, 0.15) is 5.75 Å². The molecule has 1 rings (SSSR count). The van der Waals surface area contributed by atoms with Crippen LogP contribution in [0.5, 0.6) is 5.75 Å². The molecule has 0 heterocycles. The molecule has 0 saturated carbocycles. The standard InChI is InChI=1S/C12H16N2O/c1-3-15-12-6-5-11(9-10(12)2)14-8-4-7-13/h5-6,9,14H,3-4,8H2,1-2H3. The van der Waals surface area contributed by atoms with Gasteiger partial charge in [0.25, 0.3) is 0 Å². The van der Waals surface area contributed by atoms with E-state index in [2.05, 4.69) is 11.4 Å². The first-order valence-electron chi connectivity index (χ1n) is 5.12. The van der Waals surface area contributed by atoms with Crippen LogP contribution in [0.1, 0.15) is 18.9 Å². The number of rotatable bonds is 5. The molecule has 80 valence electrons. The van der Waals surface area contributed by atoms with Crippen molar-refractivity contribution in [1.29, 1.82) is 5.26 Å². The fourth-order valence-corrected chi connectivity index (χ4v) is 1.34. The lowest BCUT2D eigenvalue weighted by molar-refractivity contribution is 0.338. The molecule has 0 unspecified atom stereocenters. The van der Waals surface area contributed by atoms with Gasteiger partial charge in [-0.25, -0.2) is 0 Å². The number of nitrogens with zero attached hydrogens (tertiary/aromatic N) is 1. The van der Waals surface area contributed by atoms with Gasteiger partial charge in [-0.3, -0.25) is 0 Å². The van der Waals surface area contributed by atoms with Crippen molar-refractivity contribution in [1.82, 2.24) is 0 Å². The molecule has 15 heavy (non-hydrogen) atoms. The van der Waals surface area contributed by atoms with Gasteiger partial charge in [-0.15, -0.1) is 0 Å². The number of ether oxygens (including phenoxy) is 1. The minimum Gasteiger partial charge on any atom is -0.494 e. The van der Waals surface area contributed by atoms with Crippen LogP contribution < -0.4 is 10.1 Å². The average Bonchev–Trinajstić information content (AvgIpc) is 2.23. The van der Waals surface area contributed by atoms with E-state index in [-0.39, 0.29) is 0 Å². The molecule has 0 fully saturated rings. The summed E-state index contributed by atoms with van der Waals surface area (Å²) in [6, 6.07) is 8.05. The van der Waals surface area contributed by atoms with Crippen LogP contribution in [0.2, 0.25) is 0 Å². The van der Waals surface area contributed by atoms with Gasteiger partial charge >= 0.3 is 0 Å². The van der Waals surface area contributed by atoms with E-state index >= 15 is 0 Å². The van der Waals surface area contributed by atoms with Gasteiger partial charge in [-0.1, -0.05) is 0 Å². The van der Waals surface area contributed by atoms with Crippen LogP contribution in [0.4, 0.5) is 5.69 Å². The van der Waals surface area contributed by atoms with Crippen molar-refractivity contribution in [2.75, 3.05) is 18.5 Å². The Labute approximate surface area is 90.7 Å². The number of hydrogen-bond donors (Lipinski definition) is 1. The number of nitriles is 1. The molecular weight excluding hydrogens is 188 g/mol. The molecule has 1 aromatic carbocycles. The average molecular weight is 204 g/mol. The van der Waals surface area contributed by atoms with Crippen LogP contribution in [-0.4, -0.2) is 13.2 Å². The summed E-state index contributed by atoms with van der Waals surface area (Å²) in [4.78, 5) is 0. The number of anilines is 1. The lowest BCUT2D eigenvalue weighted by atomic mass is 10.2. The summed E-state index contributed by atoms with van der Waals surface area (Å²) in [5, 5.41) is 11.6. The van der Waals surface area contributed by atoms with Gasteiger partial charge in [-0.05, 0) is 37.6 Å². The Morgan fingerprint density at radius 2 is 2.27 bits per heavy atom. The number of nitrogens with one attached hydrogen (secondary N) is 1. The number of aryl methyl sites for hydroxylation is 1. The third-order valence-corrected chi connectivity index (χ3v) is 2.04. The zero-order chi connectivity index (χ0) is 11.1. The normalized spacial score (nSPS) is 9.40. The first-order chi connectivity index (χ1) is 7.27. The topological polar surface area (TPSA) is 45.0 Å². The van der Waals surface area contributed by atoms with E-state index < -0.39 is 0 Å². The minimum absolute atomic E-state index is 0.520. The van der Waals surface area contributed by atoms with E-state index in [1.165, 1.54) is 0 Å². The third-order valence-electron chi connectivity index (χ3n) is 2.04. The van der Waals surface area contributed by atoms with Gasteiger partial charge < -0.3 is 10.1 Å². The number of benzene rings is 1. The fourth-order valence-electron chi connectivity index (χ4n) is 1.34. The maximum atomic E-state index is 8.40. The molecule has 3 nitrogen and oxygen atoms in total. The molecule has 3 heteroatoms. The van der Waals surface area contributed by atoms with Crippen molar-refractivity contribution in [2.24, 2.45) is 0 Å². The summed E-state index contributed by atoms with van der Waals surface area (Å²) >= 11 is 0. The summed E-state index contributed by atoms with van der Waals surface area (Å²) in [6.45, 7) is 5.35. The zero-order valence-electron chi connectivity index (χ0n) is 9.21. The molecule has 0 saturated heterocycles. The predicted octanol–water partition coefficient (Wildman–Crippen LogP) is 2.72. The molecule has 0 aliphatic rings. The minimum atomic E-state index is 0.520. The summed E-state index contributed by atoms with van der Waals surface area (Å²) in [5.74, 6) is 0.920. The SMILES string of the molecule is CCOc1ccc(NCCC#N)cc1C. The monoisotopic (exact) mass is 204 g/mol. The molecule has 0 aliphatic heterocycles. The van der Waals surface area contributed by atoms with Gasteiger partial charge in [0, 0.05) is 12.2 Å². The predicted molar refractivity (Wildman–Crippen MR) is 61.1 cm³/mol. The first kappa shape index (κ1) is 11.4. The third kappa shape index (κ3) is 3.51. The summed E-state index contributed by atoms with van der Waals surface area (Å²) in [6.07, 6.45) is 0.520. The summed E-state index contributed by atoms with van der Waals surface area (Å²) < 4.78 is 5.44. The summed E-state index contributed by atoms with van der Waals surface area (Å²) in [7, 11) is 0. The molecule has 0 spiro atoms. The molecule has 0 aliphatic carbocycles. The highest BCUT2D eigenvalue weighted by molar-refractivity contribution is 5.50. The molecule has 0 atom stereocenters. The van der Waals surface area contributed by atoms with Crippen LogP contribution in [-0.2, 0) is 0 Å². The Balaban J connectivity index is 2.61. The van der Waals surface area contributed by atoms with Crippen LogP contribution in [0.3, 0.4) is 0 Å². The van der Waals surface area contributed by atoms with Crippen molar-refractivity contribution in [2.45, 2.75) is 20.3 Å². The van der Waals surface area contributed by atoms with E-state index in [9.17, 15) is 0 Å². The van der Waals surface area contributed by atoms with Crippen molar-refractivity contribution < 1.29 is 4.74 Å². The first-order valence-corrected chi connectivity index (χ1v) is 5.12. The van der Waals surface area contributed by atoms with E-state index in [4.69, 9.17) is 10.00 Å². The maximum Gasteiger partial charge on any atom is 0.122 e. The molecule has 1 N–H and O–H groups in total. The Morgan fingerprint density at radius 3 is 2.87 bits per heavy atom. The molecule has 0 amide bonds. The molecule has 0 radical (unpaired) electrons. The van der Waals surface area contributed by atoms with Crippen LogP contribution in [0, 0.1) is 18.3 Å². The number of hydrogen-bond acceptors (Lipinski definition) is 3. The van der Waals surface area contributed by atoms with Gasteiger partial charge in [0.15, 0.2) is 0 Å². The Hall–Kier alpha value is -1.69. The van der Waals surface area contributed by atoms with E-state index in [0.717, 1.165) is 17.0 Å². The quantitative estimate of drug-likeness (QED) is 0.750. The smallest absolute Gasteiger partial charge is 0.122 e. The largest absolute Gasteiger partial charge is 0.494 e. The lowest BCUT2D eigenvalue weighted by Crippen LogP contribution is -2.01. The second-order valence-electron chi connectivity index (χ2n) is 3.25. The molecule has 0 aromatic heterocycles. The van der Waals surface area contributed by atoms with E-state index in [1.807, 2.05) is 32.0 Å². The van der Waals surface area contributed by atoms with Crippen molar-refractivity contribution in [3.63, 3.8) is 0 Å². The van der Waals surface area contributed by atoms with Crippen LogP contribution in [0.25, 0.3) is 0 Å². The van der Waals surface area contributed by atoms with Gasteiger partial charge in [0.05, 0.1) is 19.1 Å². The lowest BCUT2D eigenvalue weighted by Gasteiger charge is -2.09. The Bertz CT molecular complexity index is 355. The maximum absolute atomic E-state index is 8.40. The molecule has 1 aromatic rings.